The molecule has 9 nitrogen and oxygen atoms in total. The van der Waals surface area contributed by atoms with Gasteiger partial charge in [0.1, 0.15) is 30.0 Å². The van der Waals surface area contributed by atoms with E-state index in [0.29, 0.717) is 18.0 Å². The molecule has 212 valence electrons. The molecule has 0 spiro atoms. The Hall–Kier alpha value is -3.95. The highest BCUT2D eigenvalue weighted by Crippen LogP contribution is 2.35. The first-order chi connectivity index (χ1) is 19.2. The molecule has 0 radical (unpaired) electrons. The molecule has 2 aliphatic rings. The predicted octanol–water partition coefficient (Wildman–Crippen LogP) is 4.97. The van der Waals surface area contributed by atoms with E-state index in [1.165, 1.54) is 0 Å². The van der Waals surface area contributed by atoms with Crippen LogP contribution < -0.4 is 25.8 Å². The number of aryl methyl sites for hydroxylation is 1. The summed E-state index contributed by atoms with van der Waals surface area (Å²) in [6.07, 6.45) is 1.46. The number of ether oxygens (including phenoxy) is 2. The second-order valence-electron chi connectivity index (χ2n) is 11.3. The second-order valence-corrected chi connectivity index (χ2v) is 11.3. The molecule has 0 bridgehead atoms. The van der Waals surface area contributed by atoms with Crippen LogP contribution in [-0.4, -0.2) is 61.7 Å². The van der Waals surface area contributed by atoms with Crippen molar-refractivity contribution < 1.29 is 19.4 Å². The number of rotatable bonds is 7. The molecule has 1 unspecified atom stereocenters. The lowest BCUT2D eigenvalue weighted by Gasteiger charge is -2.30. The van der Waals surface area contributed by atoms with Crippen LogP contribution in [0.25, 0.3) is 10.8 Å². The first kappa shape index (κ1) is 27.6. The van der Waals surface area contributed by atoms with E-state index in [1.807, 2.05) is 61.5 Å². The number of hydrogen-bond donors (Lipinski definition) is 4. The van der Waals surface area contributed by atoms with Crippen molar-refractivity contribution in [2.45, 2.75) is 33.9 Å². The van der Waals surface area contributed by atoms with Crippen molar-refractivity contribution in [3.05, 3.63) is 71.9 Å². The van der Waals surface area contributed by atoms with Crippen LogP contribution in [0.3, 0.4) is 0 Å². The number of allylic oxidation sites excluding steroid dienone is 1. The molecule has 0 saturated carbocycles. The van der Waals surface area contributed by atoms with Crippen molar-refractivity contribution in [1.82, 2.24) is 15.6 Å². The number of nitrogens with one attached hydrogen (secondary N) is 3. The summed E-state index contributed by atoms with van der Waals surface area (Å²) in [5, 5.41) is 20.3. The van der Waals surface area contributed by atoms with Gasteiger partial charge in [0.05, 0.1) is 18.9 Å². The topological polar surface area (TPSA) is 98.3 Å². The minimum Gasteiger partial charge on any atom is -0.506 e. The van der Waals surface area contributed by atoms with E-state index in [4.69, 9.17) is 9.47 Å². The van der Waals surface area contributed by atoms with Gasteiger partial charge in [-0.2, -0.15) is 0 Å². The molecule has 40 heavy (non-hydrogen) atoms. The van der Waals surface area contributed by atoms with Gasteiger partial charge >= 0.3 is 6.03 Å². The van der Waals surface area contributed by atoms with E-state index >= 15 is 0 Å². The van der Waals surface area contributed by atoms with Crippen molar-refractivity contribution in [3.8, 4) is 11.5 Å². The molecule has 2 amide bonds. The van der Waals surface area contributed by atoms with Crippen LogP contribution in [0.1, 0.15) is 26.3 Å². The number of morpholine rings is 1. The highest BCUT2D eigenvalue weighted by molar-refractivity contribution is 6.04. The quantitative estimate of drug-likeness (QED) is 0.333. The monoisotopic (exact) mass is 545 g/mol. The van der Waals surface area contributed by atoms with Gasteiger partial charge in [0.25, 0.3) is 0 Å². The Morgan fingerprint density at radius 3 is 2.58 bits per heavy atom. The van der Waals surface area contributed by atoms with E-state index < -0.39 is 6.17 Å². The lowest BCUT2D eigenvalue weighted by molar-refractivity contribution is 0.0323. The molecule has 3 aromatic rings. The summed E-state index contributed by atoms with van der Waals surface area (Å²) in [6, 6.07) is 16.8. The molecule has 1 saturated heterocycles. The first-order valence-corrected chi connectivity index (χ1v) is 13.8. The van der Waals surface area contributed by atoms with Crippen molar-refractivity contribution >= 4 is 28.2 Å². The molecule has 0 aliphatic carbocycles. The first-order valence-electron chi connectivity index (χ1n) is 13.8. The number of carbonyl (C=O) groups excluding carboxylic acids is 1. The summed E-state index contributed by atoms with van der Waals surface area (Å²) in [5.74, 6) is 0.923. The number of phenolic OH excluding ortho intramolecular Hbond substituents is 1. The fourth-order valence-corrected chi connectivity index (χ4v) is 4.95. The zero-order chi connectivity index (χ0) is 28.3. The van der Waals surface area contributed by atoms with Gasteiger partial charge in [-0.3, -0.25) is 15.3 Å². The smallest absolute Gasteiger partial charge is 0.321 e. The molecule has 1 atom stereocenters. The fraction of sp³-hybridized carbons (Fsp3) is 0.387. The zero-order valence-electron chi connectivity index (χ0n) is 23.7. The highest BCUT2D eigenvalue weighted by Gasteiger charge is 2.33. The van der Waals surface area contributed by atoms with Gasteiger partial charge in [0.2, 0.25) is 0 Å². The Labute approximate surface area is 235 Å². The number of urea groups is 1. The van der Waals surface area contributed by atoms with Crippen molar-refractivity contribution in [3.63, 3.8) is 0 Å². The van der Waals surface area contributed by atoms with Crippen LogP contribution in [0.15, 0.2) is 66.4 Å². The van der Waals surface area contributed by atoms with Gasteiger partial charge in [-0.1, -0.05) is 51.1 Å². The number of aromatic hydroxyl groups is 1. The highest BCUT2D eigenvalue weighted by atomic mass is 16.5. The summed E-state index contributed by atoms with van der Waals surface area (Å²) in [6.45, 7) is 13.0. The zero-order valence-corrected chi connectivity index (χ0v) is 23.7. The normalized spacial score (nSPS) is 17.9. The number of nitrogens with zero attached hydrogens (tertiary/aromatic N) is 2. The Balaban J connectivity index is 1.31. The molecular weight excluding hydrogens is 506 g/mol. The maximum Gasteiger partial charge on any atom is 0.321 e. The van der Waals surface area contributed by atoms with Crippen LogP contribution >= 0.6 is 0 Å². The Bertz CT molecular complexity index is 1390. The van der Waals surface area contributed by atoms with Gasteiger partial charge in [-0.15, -0.1) is 0 Å². The van der Waals surface area contributed by atoms with Crippen LogP contribution in [0, 0.1) is 12.3 Å². The van der Waals surface area contributed by atoms with Crippen LogP contribution in [-0.2, 0) is 4.74 Å². The molecule has 9 heteroatoms. The molecule has 4 N–H and O–H groups in total. The average molecular weight is 546 g/mol. The fourth-order valence-electron chi connectivity index (χ4n) is 4.95. The third-order valence-corrected chi connectivity index (χ3v) is 7.22. The van der Waals surface area contributed by atoms with E-state index in [2.05, 4.69) is 41.7 Å². The molecule has 3 aromatic carbocycles. The predicted molar refractivity (Wildman–Crippen MR) is 159 cm³/mol. The number of benzene rings is 3. The van der Waals surface area contributed by atoms with Crippen molar-refractivity contribution in [2.75, 3.05) is 49.8 Å². The van der Waals surface area contributed by atoms with Gasteiger partial charge in [-0.05, 0) is 42.8 Å². The lowest BCUT2D eigenvalue weighted by atomic mass is 9.92. The number of anilines is 2. The number of phenols is 1. The van der Waals surface area contributed by atoms with E-state index in [-0.39, 0.29) is 17.2 Å². The van der Waals surface area contributed by atoms with Gasteiger partial charge in [0.15, 0.2) is 0 Å². The maximum atomic E-state index is 13.3. The number of hydrazine groups is 1. The van der Waals surface area contributed by atoms with E-state index in [9.17, 15) is 9.90 Å². The number of carbonyl (C=O) groups is 1. The second kappa shape index (κ2) is 11.7. The van der Waals surface area contributed by atoms with Crippen LogP contribution in [0.5, 0.6) is 11.5 Å². The maximum absolute atomic E-state index is 13.3. The summed E-state index contributed by atoms with van der Waals surface area (Å²) >= 11 is 0. The average Bonchev–Trinajstić information content (AvgIpc) is 3.34. The summed E-state index contributed by atoms with van der Waals surface area (Å²) in [5.41, 5.74) is 6.35. The minimum atomic E-state index is -0.517. The Kier molecular flexibility index (Phi) is 8.04. The number of hydrogen-bond acceptors (Lipinski definition) is 7. The van der Waals surface area contributed by atoms with Gasteiger partial charge < -0.3 is 25.2 Å². The Morgan fingerprint density at radius 1 is 1.10 bits per heavy atom. The van der Waals surface area contributed by atoms with Gasteiger partial charge in [0, 0.05) is 41.5 Å². The minimum absolute atomic E-state index is 0.137. The summed E-state index contributed by atoms with van der Waals surface area (Å²) in [4.78, 5) is 15.6. The van der Waals surface area contributed by atoms with Gasteiger partial charge in [-0.25, -0.2) is 4.79 Å². The third kappa shape index (κ3) is 6.26. The summed E-state index contributed by atoms with van der Waals surface area (Å²) in [7, 11) is 0. The molecule has 1 fully saturated rings. The summed E-state index contributed by atoms with van der Waals surface area (Å²) < 4.78 is 11.6. The van der Waals surface area contributed by atoms with E-state index in [0.717, 1.165) is 60.6 Å². The molecule has 2 heterocycles. The molecular formula is C31H39N5O4. The number of fused-ring (bicyclic) bond motifs is 1. The van der Waals surface area contributed by atoms with E-state index in [1.54, 1.807) is 11.1 Å². The van der Waals surface area contributed by atoms with Crippen molar-refractivity contribution in [2.24, 2.45) is 5.41 Å². The SMILES string of the molecule is Cc1ccc(N2NC(C(C)(C)C)=CC2NC(=O)Nc2ccc(OCCN3CCOCC3)c3ccccc23)c(O)c1. The third-order valence-electron chi connectivity index (χ3n) is 7.22. The number of amides is 2. The Morgan fingerprint density at radius 2 is 1.85 bits per heavy atom. The van der Waals surface area contributed by atoms with Crippen LogP contribution in [0.2, 0.25) is 0 Å². The van der Waals surface area contributed by atoms with Crippen molar-refractivity contribution in [1.29, 1.82) is 0 Å². The molecule has 0 aromatic heterocycles. The largest absolute Gasteiger partial charge is 0.506 e. The lowest BCUT2D eigenvalue weighted by Crippen LogP contribution is -2.50. The standard InChI is InChI=1S/C31H39N5O4/c1-21-9-11-25(26(37)19-21)36-29(20-28(34-36)31(2,3)4)33-30(38)32-24-10-12-27(23-8-6-5-7-22(23)24)40-18-15-35-13-16-39-17-14-35/h5-12,19-20,29,34,37H,13-18H2,1-4H3,(H2,32,33,38). The molecule has 5 rings (SSSR count). The van der Waals surface area contributed by atoms with Crippen LogP contribution in [0.4, 0.5) is 16.2 Å². The molecule has 2 aliphatic heterocycles.